The van der Waals surface area contributed by atoms with Gasteiger partial charge < -0.3 is 0 Å². The molecule has 19 heavy (non-hydrogen) atoms. The fourth-order valence-electron chi connectivity index (χ4n) is 1.55. The Labute approximate surface area is 108 Å². The average Bonchev–Trinajstić information content (AvgIpc) is 2.35. The highest BCUT2D eigenvalue weighted by Crippen LogP contribution is 2.19. The third kappa shape index (κ3) is 3.14. The summed E-state index contributed by atoms with van der Waals surface area (Å²) in [5, 5.41) is 0. The van der Waals surface area contributed by atoms with Crippen molar-refractivity contribution in [3.05, 3.63) is 65.5 Å². The lowest BCUT2D eigenvalue weighted by Crippen LogP contribution is -2.06. The van der Waals surface area contributed by atoms with Gasteiger partial charge in [0.2, 0.25) is 0 Å². The summed E-state index contributed by atoms with van der Waals surface area (Å²) < 4.78 is 62.4. The normalized spacial score (nSPS) is 11.5. The second-order valence-corrected chi connectivity index (χ2v) is 5.95. The Bertz CT molecular complexity index is 694. The molecule has 0 fully saturated rings. The molecule has 0 heterocycles. The molecule has 2 aromatic carbocycles. The predicted molar refractivity (Wildman–Crippen MR) is 63.6 cm³/mol. The van der Waals surface area contributed by atoms with Gasteiger partial charge in [0.15, 0.2) is 21.5 Å². The van der Waals surface area contributed by atoms with Gasteiger partial charge in [0.05, 0.1) is 10.6 Å². The van der Waals surface area contributed by atoms with Crippen molar-refractivity contribution in [2.24, 2.45) is 0 Å². The van der Waals surface area contributed by atoms with Crippen LogP contribution in [0.25, 0.3) is 0 Å². The van der Waals surface area contributed by atoms with Gasteiger partial charge >= 0.3 is 0 Å². The van der Waals surface area contributed by atoms with Crippen LogP contribution in [0.4, 0.5) is 13.2 Å². The molecular formula is C13H9F3O2S. The summed E-state index contributed by atoms with van der Waals surface area (Å²) in [4.78, 5) is -0.310. The van der Waals surface area contributed by atoms with Gasteiger partial charge in [0.25, 0.3) is 0 Å². The Morgan fingerprint density at radius 2 is 1.47 bits per heavy atom. The predicted octanol–water partition coefficient (Wildman–Crippen LogP) is 3.08. The van der Waals surface area contributed by atoms with Crippen LogP contribution in [0.1, 0.15) is 5.56 Å². The van der Waals surface area contributed by atoms with Gasteiger partial charge in [-0.15, -0.1) is 0 Å². The third-order valence-corrected chi connectivity index (χ3v) is 4.21. The fraction of sp³-hybridized carbons (Fsp3) is 0.0769. The number of benzene rings is 2. The van der Waals surface area contributed by atoms with Crippen molar-refractivity contribution in [1.82, 2.24) is 0 Å². The minimum Gasteiger partial charge on any atom is -0.223 e. The summed E-state index contributed by atoms with van der Waals surface area (Å²) in [6, 6.07) is 7.31. The zero-order chi connectivity index (χ0) is 14.0. The van der Waals surface area contributed by atoms with E-state index in [1.54, 1.807) is 0 Å². The molecule has 2 rings (SSSR count). The molecule has 0 spiro atoms. The van der Waals surface area contributed by atoms with Crippen LogP contribution < -0.4 is 0 Å². The lowest BCUT2D eigenvalue weighted by atomic mass is 10.2. The first-order valence-corrected chi connectivity index (χ1v) is 6.96. The van der Waals surface area contributed by atoms with Gasteiger partial charge in [-0.3, -0.25) is 0 Å². The molecule has 0 saturated carbocycles. The van der Waals surface area contributed by atoms with Crippen LogP contribution in [0.5, 0.6) is 0 Å². The Balaban J connectivity index is 2.32. The van der Waals surface area contributed by atoms with E-state index in [-0.39, 0.29) is 4.90 Å². The van der Waals surface area contributed by atoms with Gasteiger partial charge in [-0.1, -0.05) is 12.1 Å². The monoisotopic (exact) mass is 286 g/mol. The first-order chi connectivity index (χ1) is 8.88. The summed E-state index contributed by atoms with van der Waals surface area (Å²) in [5.41, 5.74) is 0.367. The number of halogens is 3. The van der Waals surface area contributed by atoms with Crippen molar-refractivity contribution in [3.8, 4) is 0 Å². The first kappa shape index (κ1) is 13.6. The minimum atomic E-state index is -3.79. The summed E-state index contributed by atoms with van der Waals surface area (Å²) in [6.07, 6.45) is 0. The SMILES string of the molecule is O=S(=O)(Cc1ccc(F)cc1)c1ccc(F)c(F)c1. The van der Waals surface area contributed by atoms with Crippen molar-refractivity contribution >= 4 is 9.84 Å². The van der Waals surface area contributed by atoms with E-state index >= 15 is 0 Å². The van der Waals surface area contributed by atoms with Crippen LogP contribution in [0.2, 0.25) is 0 Å². The van der Waals surface area contributed by atoms with E-state index in [1.165, 1.54) is 12.1 Å². The van der Waals surface area contributed by atoms with E-state index in [1.807, 2.05) is 0 Å². The Morgan fingerprint density at radius 1 is 0.842 bits per heavy atom. The molecule has 0 saturated heterocycles. The molecule has 2 aromatic rings. The van der Waals surface area contributed by atoms with Crippen molar-refractivity contribution in [2.75, 3.05) is 0 Å². The van der Waals surface area contributed by atoms with Crippen LogP contribution in [-0.4, -0.2) is 8.42 Å². The van der Waals surface area contributed by atoms with Gasteiger partial charge in [-0.05, 0) is 35.9 Å². The Hall–Kier alpha value is -1.82. The molecule has 0 aliphatic carbocycles. The van der Waals surface area contributed by atoms with Crippen LogP contribution in [-0.2, 0) is 15.6 Å². The highest BCUT2D eigenvalue weighted by molar-refractivity contribution is 7.90. The summed E-state index contributed by atoms with van der Waals surface area (Å²) >= 11 is 0. The van der Waals surface area contributed by atoms with Crippen LogP contribution in [0, 0.1) is 17.5 Å². The van der Waals surface area contributed by atoms with Crippen molar-refractivity contribution < 1.29 is 21.6 Å². The van der Waals surface area contributed by atoms with Crippen LogP contribution >= 0.6 is 0 Å². The second-order valence-electron chi connectivity index (χ2n) is 3.96. The zero-order valence-electron chi connectivity index (χ0n) is 9.61. The van der Waals surface area contributed by atoms with Gasteiger partial charge in [0, 0.05) is 0 Å². The largest absolute Gasteiger partial charge is 0.223 e. The molecule has 0 radical (unpaired) electrons. The van der Waals surface area contributed by atoms with Gasteiger partial charge in [-0.25, -0.2) is 21.6 Å². The van der Waals surface area contributed by atoms with Crippen LogP contribution in [0.15, 0.2) is 47.4 Å². The van der Waals surface area contributed by atoms with Gasteiger partial charge in [0.1, 0.15) is 5.82 Å². The Morgan fingerprint density at radius 3 is 2.05 bits per heavy atom. The molecule has 0 aliphatic heterocycles. The number of sulfone groups is 1. The molecule has 0 atom stereocenters. The summed E-state index contributed by atoms with van der Waals surface area (Å²) in [7, 11) is -3.79. The summed E-state index contributed by atoms with van der Waals surface area (Å²) in [5.74, 6) is -3.21. The van der Waals surface area contributed by atoms with Crippen molar-refractivity contribution in [1.29, 1.82) is 0 Å². The van der Waals surface area contributed by atoms with Crippen molar-refractivity contribution in [3.63, 3.8) is 0 Å². The lowest BCUT2D eigenvalue weighted by molar-refractivity contribution is 0.504. The molecule has 0 amide bonds. The van der Waals surface area contributed by atoms with Crippen LogP contribution in [0.3, 0.4) is 0 Å². The maximum absolute atomic E-state index is 13.0. The molecule has 6 heteroatoms. The van der Waals surface area contributed by atoms with E-state index in [4.69, 9.17) is 0 Å². The molecular weight excluding hydrogens is 277 g/mol. The zero-order valence-corrected chi connectivity index (χ0v) is 10.4. The summed E-state index contributed by atoms with van der Waals surface area (Å²) in [6.45, 7) is 0. The van der Waals surface area contributed by atoms with E-state index in [2.05, 4.69) is 0 Å². The molecule has 0 aromatic heterocycles. The number of hydrogen-bond donors (Lipinski definition) is 0. The first-order valence-electron chi connectivity index (χ1n) is 5.31. The van der Waals surface area contributed by atoms with E-state index in [0.29, 0.717) is 11.6 Å². The molecule has 0 N–H and O–H groups in total. The minimum absolute atomic E-state index is 0.310. The number of hydrogen-bond acceptors (Lipinski definition) is 2. The quantitative estimate of drug-likeness (QED) is 0.813. The topological polar surface area (TPSA) is 34.1 Å². The van der Waals surface area contributed by atoms with Gasteiger partial charge in [-0.2, -0.15) is 0 Å². The number of rotatable bonds is 3. The maximum atomic E-state index is 13.0. The molecule has 0 unspecified atom stereocenters. The van der Waals surface area contributed by atoms with E-state index < -0.39 is 33.0 Å². The molecule has 0 aliphatic rings. The smallest absolute Gasteiger partial charge is 0.182 e. The fourth-order valence-corrected chi connectivity index (χ4v) is 2.91. The van der Waals surface area contributed by atoms with Crippen molar-refractivity contribution in [2.45, 2.75) is 10.6 Å². The average molecular weight is 286 g/mol. The van der Waals surface area contributed by atoms with E-state index in [0.717, 1.165) is 24.3 Å². The lowest BCUT2D eigenvalue weighted by Gasteiger charge is -2.05. The van der Waals surface area contributed by atoms with E-state index in [9.17, 15) is 21.6 Å². The maximum Gasteiger partial charge on any atom is 0.182 e. The highest BCUT2D eigenvalue weighted by atomic mass is 32.2. The second kappa shape index (κ2) is 5.05. The molecule has 2 nitrogen and oxygen atoms in total. The molecule has 0 bridgehead atoms. The standard InChI is InChI=1S/C13H9F3O2S/c14-10-3-1-9(2-4-10)8-19(17,18)11-5-6-12(15)13(16)7-11/h1-7H,8H2. The highest BCUT2D eigenvalue weighted by Gasteiger charge is 2.17. The third-order valence-electron chi connectivity index (χ3n) is 2.52. The molecule has 100 valence electrons. The Kier molecular flexibility index (Phi) is 3.61.